The van der Waals surface area contributed by atoms with Gasteiger partial charge in [-0.25, -0.2) is 4.98 Å². The standard InChI is InChI=1S/C16H21N3O3/c1-4-18-6-7-19(11(2)16(18)20)9-14-12(3)22-15(17-14)13-5-8-21-10-13/h5,8,10-11H,4,6-7,9H2,1-3H3/t11-/m0/s1. The molecule has 1 aliphatic rings. The van der Waals surface area contributed by atoms with Crippen molar-refractivity contribution >= 4 is 5.91 Å². The smallest absolute Gasteiger partial charge is 0.239 e. The second kappa shape index (κ2) is 5.96. The Hall–Kier alpha value is -2.08. The van der Waals surface area contributed by atoms with Gasteiger partial charge < -0.3 is 13.7 Å². The van der Waals surface area contributed by atoms with Crippen LogP contribution in [0.15, 0.2) is 27.4 Å². The van der Waals surface area contributed by atoms with Crippen LogP contribution < -0.4 is 0 Å². The molecule has 0 aromatic carbocycles. The number of piperazine rings is 1. The van der Waals surface area contributed by atoms with Crippen molar-refractivity contribution in [2.24, 2.45) is 0 Å². The first-order valence-electron chi connectivity index (χ1n) is 7.62. The van der Waals surface area contributed by atoms with Crippen molar-refractivity contribution in [1.29, 1.82) is 0 Å². The van der Waals surface area contributed by atoms with Crippen LogP contribution in [0.4, 0.5) is 0 Å². The normalized spacial score (nSPS) is 19.9. The topological polar surface area (TPSA) is 62.7 Å². The third-order valence-electron chi connectivity index (χ3n) is 4.27. The number of likely N-dealkylation sites (N-methyl/N-ethyl adjacent to an activating group) is 1. The van der Waals surface area contributed by atoms with Gasteiger partial charge in [0.2, 0.25) is 11.8 Å². The molecule has 0 unspecified atom stereocenters. The number of furan rings is 1. The van der Waals surface area contributed by atoms with Crippen molar-refractivity contribution in [2.75, 3.05) is 19.6 Å². The van der Waals surface area contributed by atoms with Gasteiger partial charge >= 0.3 is 0 Å². The molecular weight excluding hydrogens is 282 g/mol. The highest BCUT2D eigenvalue weighted by molar-refractivity contribution is 5.82. The minimum absolute atomic E-state index is 0.123. The number of carbonyl (C=O) groups is 1. The average molecular weight is 303 g/mol. The van der Waals surface area contributed by atoms with E-state index in [0.29, 0.717) is 12.4 Å². The molecule has 0 aliphatic carbocycles. The zero-order valence-electron chi connectivity index (χ0n) is 13.2. The van der Waals surface area contributed by atoms with E-state index in [1.54, 1.807) is 12.5 Å². The summed E-state index contributed by atoms with van der Waals surface area (Å²) in [5.74, 6) is 1.53. The molecule has 0 saturated carbocycles. The third kappa shape index (κ3) is 2.66. The molecule has 0 N–H and O–H groups in total. The Morgan fingerprint density at radius 2 is 2.23 bits per heavy atom. The minimum Gasteiger partial charge on any atom is -0.472 e. The van der Waals surface area contributed by atoms with E-state index in [2.05, 4.69) is 9.88 Å². The number of nitrogens with zero attached hydrogens (tertiary/aromatic N) is 3. The van der Waals surface area contributed by atoms with Gasteiger partial charge in [-0.3, -0.25) is 9.69 Å². The first-order valence-corrected chi connectivity index (χ1v) is 7.62. The molecule has 22 heavy (non-hydrogen) atoms. The van der Waals surface area contributed by atoms with Crippen molar-refractivity contribution in [2.45, 2.75) is 33.4 Å². The number of oxazole rings is 1. The number of amides is 1. The number of hydrogen-bond acceptors (Lipinski definition) is 5. The van der Waals surface area contributed by atoms with Crippen LogP contribution in [0.1, 0.15) is 25.3 Å². The van der Waals surface area contributed by atoms with Crippen LogP contribution in [0.25, 0.3) is 11.5 Å². The monoisotopic (exact) mass is 303 g/mol. The zero-order chi connectivity index (χ0) is 15.7. The first-order chi connectivity index (χ1) is 10.6. The number of aryl methyl sites for hydroxylation is 1. The van der Waals surface area contributed by atoms with Crippen LogP contribution in [0.2, 0.25) is 0 Å². The largest absolute Gasteiger partial charge is 0.472 e. The number of aromatic nitrogens is 1. The molecule has 118 valence electrons. The molecule has 3 heterocycles. The second-order valence-corrected chi connectivity index (χ2v) is 5.60. The fraction of sp³-hybridized carbons (Fsp3) is 0.500. The van der Waals surface area contributed by atoms with Crippen LogP contribution in [0.3, 0.4) is 0 Å². The highest BCUT2D eigenvalue weighted by Crippen LogP contribution is 2.24. The summed E-state index contributed by atoms with van der Waals surface area (Å²) in [7, 11) is 0. The van der Waals surface area contributed by atoms with Gasteiger partial charge in [0.15, 0.2) is 0 Å². The second-order valence-electron chi connectivity index (χ2n) is 5.60. The summed E-state index contributed by atoms with van der Waals surface area (Å²) >= 11 is 0. The maximum Gasteiger partial charge on any atom is 0.239 e. The van der Waals surface area contributed by atoms with Gasteiger partial charge in [0.1, 0.15) is 12.0 Å². The average Bonchev–Trinajstić information content (AvgIpc) is 3.14. The van der Waals surface area contributed by atoms with Gasteiger partial charge in [-0.1, -0.05) is 0 Å². The number of hydrogen-bond donors (Lipinski definition) is 0. The fourth-order valence-electron chi connectivity index (χ4n) is 2.78. The first kappa shape index (κ1) is 14.8. The quantitative estimate of drug-likeness (QED) is 0.867. The van der Waals surface area contributed by atoms with E-state index >= 15 is 0 Å². The van der Waals surface area contributed by atoms with Crippen molar-refractivity contribution in [1.82, 2.24) is 14.8 Å². The highest BCUT2D eigenvalue weighted by Gasteiger charge is 2.31. The van der Waals surface area contributed by atoms with Crippen LogP contribution in [-0.4, -0.2) is 46.4 Å². The van der Waals surface area contributed by atoms with E-state index in [4.69, 9.17) is 8.83 Å². The molecule has 1 aliphatic heterocycles. The van der Waals surface area contributed by atoms with Gasteiger partial charge in [0.25, 0.3) is 0 Å². The lowest BCUT2D eigenvalue weighted by Crippen LogP contribution is -2.55. The predicted molar refractivity (Wildman–Crippen MR) is 81.1 cm³/mol. The molecule has 0 radical (unpaired) electrons. The molecule has 6 nitrogen and oxygen atoms in total. The van der Waals surface area contributed by atoms with Gasteiger partial charge in [0.05, 0.1) is 23.6 Å². The van der Waals surface area contributed by atoms with E-state index in [1.165, 1.54) is 0 Å². The van der Waals surface area contributed by atoms with Crippen LogP contribution in [0.5, 0.6) is 0 Å². The fourth-order valence-corrected chi connectivity index (χ4v) is 2.78. The molecule has 1 saturated heterocycles. The summed E-state index contributed by atoms with van der Waals surface area (Å²) < 4.78 is 10.8. The molecule has 1 amide bonds. The van der Waals surface area contributed by atoms with Crippen LogP contribution >= 0.6 is 0 Å². The van der Waals surface area contributed by atoms with E-state index in [9.17, 15) is 4.79 Å². The van der Waals surface area contributed by atoms with Crippen molar-refractivity contribution < 1.29 is 13.6 Å². The van der Waals surface area contributed by atoms with Crippen molar-refractivity contribution in [3.05, 3.63) is 30.0 Å². The molecule has 2 aromatic rings. The maximum atomic E-state index is 12.3. The summed E-state index contributed by atoms with van der Waals surface area (Å²) in [6.45, 7) is 8.89. The van der Waals surface area contributed by atoms with E-state index in [0.717, 1.165) is 36.7 Å². The minimum atomic E-state index is -0.123. The summed E-state index contributed by atoms with van der Waals surface area (Å²) in [6.07, 6.45) is 3.21. The molecule has 1 fully saturated rings. The molecule has 0 spiro atoms. The molecular formula is C16H21N3O3. The van der Waals surface area contributed by atoms with Gasteiger partial charge in [-0.05, 0) is 26.8 Å². The lowest BCUT2D eigenvalue weighted by atomic mass is 10.1. The Kier molecular flexibility index (Phi) is 4.02. The zero-order valence-corrected chi connectivity index (χ0v) is 13.2. The molecule has 0 bridgehead atoms. The molecule has 2 aromatic heterocycles. The van der Waals surface area contributed by atoms with Gasteiger partial charge in [-0.2, -0.15) is 0 Å². The predicted octanol–water partition coefficient (Wildman–Crippen LogP) is 2.30. The third-order valence-corrected chi connectivity index (χ3v) is 4.27. The maximum absolute atomic E-state index is 12.3. The highest BCUT2D eigenvalue weighted by atomic mass is 16.4. The Bertz CT molecular complexity index is 648. The lowest BCUT2D eigenvalue weighted by molar-refractivity contribution is -0.141. The van der Waals surface area contributed by atoms with E-state index in [1.807, 2.05) is 31.7 Å². The van der Waals surface area contributed by atoms with Crippen molar-refractivity contribution in [3.63, 3.8) is 0 Å². The Morgan fingerprint density at radius 3 is 2.91 bits per heavy atom. The number of carbonyl (C=O) groups excluding carboxylic acids is 1. The molecule has 3 rings (SSSR count). The lowest BCUT2D eigenvalue weighted by Gasteiger charge is -2.38. The Morgan fingerprint density at radius 1 is 1.41 bits per heavy atom. The Labute approximate surface area is 129 Å². The summed E-state index contributed by atoms with van der Waals surface area (Å²) in [4.78, 5) is 20.9. The van der Waals surface area contributed by atoms with E-state index in [-0.39, 0.29) is 11.9 Å². The number of rotatable bonds is 4. The van der Waals surface area contributed by atoms with Gasteiger partial charge in [0, 0.05) is 26.2 Å². The molecule has 6 heteroatoms. The summed E-state index contributed by atoms with van der Waals surface area (Å²) in [5.41, 5.74) is 1.70. The van der Waals surface area contributed by atoms with Gasteiger partial charge in [-0.15, -0.1) is 0 Å². The van der Waals surface area contributed by atoms with Crippen LogP contribution in [0, 0.1) is 6.92 Å². The molecule has 1 atom stereocenters. The summed E-state index contributed by atoms with van der Waals surface area (Å²) in [5, 5.41) is 0. The van der Waals surface area contributed by atoms with E-state index < -0.39 is 0 Å². The van der Waals surface area contributed by atoms with Crippen LogP contribution in [-0.2, 0) is 11.3 Å². The van der Waals surface area contributed by atoms with Crippen molar-refractivity contribution in [3.8, 4) is 11.5 Å². The summed E-state index contributed by atoms with van der Waals surface area (Å²) in [6, 6.07) is 1.70. The Balaban J connectivity index is 1.75. The SMILES string of the molecule is CCN1CCN(Cc2nc(-c3ccoc3)oc2C)[C@@H](C)C1=O.